The molecule has 2 aromatic rings. The van der Waals surface area contributed by atoms with Crippen LogP contribution in [-0.4, -0.2) is 32.2 Å². The zero-order chi connectivity index (χ0) is 23.5. The number of halogens is 1. The second kappa shape index (κ2) is 9.47. The number of nitriles is 1. The first-order chi connectivity index (χ1) is 15.1. The maximum atomic E-state index is 11.1. The molecule has 1 aromatic carbocycles. The van der Waals surface area contributed by atoms with Gasteiger partial charge >= 0.3 is 0 Å². The number of hydroxylamine groups is 1. The molecule has 1 amide bonds. The van der Waals surface area contributed by atoms with Crippen molar-refractivity contribution in [3.8, 4) is 11.8 Å². The van der Waals surface area contributed by atoms with E-state index in [1.54, 1.807) is 23.7 Å². The molecule has 172 valence electrons. The number of ether oxygens (including phenoxy) is 1. The molecule has 0 saturated heterocycles. The summed E-state index contributed by atoms with van der Waals surface area (Å²) in [7, 11) is 0. The third-order valence-corrected chi connectivity index (χ3v) is 6.67. The fourth-order valence-corrected chi connectivity index (χ4v) is 5.48. The van der Waals surface area contributed by atoms with Crippen molar-refractivity contribution in [2.75, 3.05) is 0 Å². The number of nitrogens with one attached hydrogen (secondary N) is 1. The number of unbranched alkanes of at least 4 members (excludes halogenated alkanes) is 2. The van der Waals surface area contributed by atoms with Crippen molar-refractivity contribution in [1.29, 1.82) is 5.26 Å². The SMILES string of the molecule is CC1(C)C(Oc2ccc(C#N)c(Cl)c2)C(C)(C)C1n1cc(CCCCCC(=O)NO)nn1. The van der Waals surface area contributed by atoms with E-state index in [1.165, 1.54) is 0 Å². The second-order valence-electron chi connectivity index (χ2n) is 9.58. The average molecular weight is 460 g/mol. The molecule has 9 heteroatoms. The van der Waals surface area contributed by atoms with E-state index in [9.17, 15) is 4.79 Å². The monoisotopic (exact) mass is 459 g/mol. The van der Waals surface area contributed by atoms with Gasteiger partial charge < -0.3 is 4.74 Å². The zero-order valence-electron chi connectivity index (χ0n) is 18.9. The summed E-state index contributed by atoms with van der Waals surface area (Å²) in [5.74, 6) is 0.290. The van der Waals surface area contributed by atoms with Gasteiger partial charge in [-0.15, -0.1) is 5.10 Å². The lowest BCUT2D eigenvalue weighted by molar-refractivity contribution is -0.191. The number of benzene rings is 1. The quantitative estimate of drug-likeness (QED) is 0.325. The zero-order valence-corrected chi connectivity index (χ0v) is 19.7. The van der Waals surface area contributed by atoms with E-state index < -0.39 is 0 Å². The van der Waals surface area contributed by atoms with Crippen molar-refractivity contribution in [2.24, 2.45) is 10.8 Å². The molecule has 3 rings (SSSR count). The van der Waals surface area contributed by atoms with Crippen LogP contribution in [0.4, 0.5) is 0 Å². The van der Waals surface area contributed by atoms with Crippen molar-refractivity contribution in [3.05, 3.63) is 40.7 Å². The number of carbonyl (C=O) groups is 1. The fraction of sp³-hybridized carbons (Fsp3) is 0.565. The number of aryl methyl sites for hydroxylation is 1. The molecule has 1 saturated carbocycles. The molecule has 1 fully saturated rings. The van der Waals surface area contributed by atoms with Crippen LogP contribution >= 0.6 is 11.6 Å². The molecule has 1 heterocycles. The maximum Gasteiger partial charge on any atom is 0.243 e. The van der Waals surface area contributed by atoms with Gasteiger partial charge in [-0.3, -0.25) is 10.0 Å². The minimum absolute atomic E-state index is 0.0747. The van der Waals surface area contributed by atoms with Crippen LogP contribution in [0.1, 0.15) is 70.7 Å². The van der Waals surface area contributed by atoms with Crippen molar-refractivity contribution in [2.45, 2.75) is 71.9 Å². The number of aromatic nitrogens is 3. The summed E-state index contributed by atoms with van der Waals surface area (Å²) in [6.07, 6.45) is 5.54. The van der Waals surface area contributed by atoms with Gasteiger partial charge in [0, 0.05) is 29.5 Å². The number of rotatable bonds is 9. The van der Waals surface area contributed by atoms with Gasteiger partial charge in [-0.25, -0.2) is 10.2 Å². The third-order valence-electron chi connectivity index (χ3n) is 6.36. The summed E-state index contributed by atoms with van der Waals surface area (Å²) in [4.78, 5) is 11.1. The summed E-state index contributed by atoms with van der Waals surface area (Å²) in [5.41, 5.74) is 2.60. The molecule has 8 nitrogen and oxygen atoms in total. The molecule has 32 heavy (non-hydrogen) atoms. The maximum absolute atomic E-state index is 11.1. The van der Waals surface area contributed by atoms with E-state index in [0.29, 0.717) is 22.8 Å². The van der Waals surface area contributed by atoms with Crippen LogP contribution in [-0.2, 0) is 11.2 Å². The van der Waals surface area contributed by atoms with Crippen LogP contribution in [0.2, 0.25) is 5.02 Å². The Kier molecular flexibility index (Phi) is 7.11. The first-order valence-corrected chi connectivity index (χ1v) is 11.2. The van der Waals surface area contributed by atoms with Crippen LogP contribution in [0, 0.1) is 22.2 Å². The predicted molar refractivity (Wildman–Crippen MR) is 119 cm³/mol. The van der Waals surface area contributed by atoms with E-state index in [0.717, 1.165) is 31.4 Å². The van der Waals surface area contributed by atoms with E-state index >= 15 is 0 Å². The summed E-state index contributed by atoms with van der Waals surface area (Å²) in [6, 6.07) is 7.31. The van der Waals surface area contributed by atoms with Gasteiger partial charge in [-0.1, -0.05) is 50.9 Å². The lowest BCUT2D eigenvalue weighted by atomic mass is 9.49. The van der Waals surface area contributed by atoms with Gasteiger partial charge in [0.15, 0.2) is 0 Å². The standard InChI is InChI=1S/C23H30ClN5O3/c1-22(2)20(29-14-16(26-28-29)8-6-5-7-9-19(30)27-31)23(3,4)21(22)32-17-11-10-15(13-25)18(24)12-17/h10-12,14,20-21,31H,5-9H2,1-4H3,(H,27,30). The molecule has 0 aliphatic heterocycles. The molecule has 0 unspecified atom stereocenters. The van der Waals surface area contributed by atoms with Gasteiger partial charge in [-0.2, -0.15) is 5.26 Å². The molecule has 2 N–H and O–H groups in total. The van der Waals surface area contributed by atoms with E-state index in [4.69, 9.17) is 26.8 Å². The van der Waals surface area contributed by atoms with Gasteiger partial charge in [0.1, 0.15) is 17.9 Å². The first-order valence-electron chi connectivity index (χ1n) is 10.8. The minimum Gasteiger partial charge on any atom is -0.489 e. The van der Waals surface area contributed by atoms with Crippen LogP contribution in [0.15, 0.2) is 24.4 Å². The topological polar surface area (TPSA) is 113 Å². The van der Waals surface area contributed by atoms with E-state index in [2.05, 4.69) is 44.1 Å². The molecule has 1 aromatic heterocycles. The summed E-state index contributed by atoms with van der Waals surface area (Å²) in [6.45, 7) is 8.64. The number of nitrogens with zero attached hydrogens (tertiary/aromatic N) is 4. The van der Waals surface area contributed by atoms with Crippen LogP contribution in [0.3, 0.4) is 0 Å². The van der Waals surface area contributed by atoms with Gasteiger partial charge in [0.25, 0.3) is 0 Å². The summed E-state index contributed by atoms with van der Waals surface area (Å²) < 4.78 is 8.28. The van der Waals surface area contributed by atoms with Gasteiger partial charge in [0.05, 0.1) is 22.3 Å². The molecule has 1 aliphatic rings. The number of hydrogen-bond acceptors (Lipinski definition) is 6. The molecule has 0 radical (unpaired) electrons. The van der Waals surface area contributed by atoms with Crippen molar-refractivity contribution in [1.82, 2.24) is 20.5 Å². The average Bonchev–Trinajstić information content (AvgIpc) is 3.18. The second-order valence-corrected chi connectivity index (χ2v) is 9.99. The highest BCUT2D eigenvalue weighted by molar-refractivity contribution is 6.31. The van der Waals surface area contributed by atoms with E-state index in [1.807, 2.05) is 10.9 Å². The Morgan fingerprint density at radius 3 is 2.62 bits per heavy atom. The van der Waals surface area contributed by atoms with Crippen LogP contribution in [0.5, 0.6) is 5.75 Å². The van der Waals surface area contributed by atoms with Crippen molar-refractivity contribution < 1.29 is 14.7 Å². The number of carbonyl (C=O) groups excluding carboxylic acids is 1. The Hall–Kier alpha value is -2.63. The Morgan fingerprint density at radius 2 is 2.00 bits per heavy atom. The predicted octanol–water partition coefficient (Wildman–Crippen LogP) is 4.47. The fourth-order valence-electron chi connectivity index (χ4n) is 5.27. The normalized spacial score (nSPS) is 20.8. The third kappa shape index (κ3) is 4.74. The van der Waals surface area contributed by atoms with E-state index in [-0.39, 0.29) is 28.9 Å². The smallest absolute Gasteiger partial charge is 0.243 e. The highest BCUT2D eigenvalue weighted by Crippen LogP contribution is 2.62. The Labute approximate surface area is 193 Å². The lowest BCUT2D eigenvalue weighted by Gasteiger charge is -2.62. The molecular formula is C23H30ClN5O3. The molecular weight excluding hydrogens is 430 g/mol. The first kappa shape index (κ1) is 24.0. The number of amides is 1. The highest BCUT2D eigenvalue weighted by atomic mass is 35.5. The largest absolute Gasteiger partial charge is 0.489 e. The Balaban J connectivity index is 1.63. The summed E-state index contributed by atoms with van der Waals surface area (Å²) in [5, 5.41) is 26.7. The van der Waals surface area contributed by atoms with Crippen molar-refractivity contribution >= 4 is 17.5 Å². The minimum atomic E-state index is -0.356. The molecule has 0 bridgehead atoms. The lowest BCUT2D eigenvalue weighted by Crippen LogP contribution is -2.66. The Morgan fingerprint density at radius 1 is 1.28 bits per heavy atom. The molecule has 0 spiro atoms. The van der Waals surface area contributed by atoms with Crippen molar-refractivity contribution in [3.63, 3.8) is 0 Å². The number of hydrogen-bond donors (Lipinski definition) is 2. The molecule has 1 aliphatic carbocycles. The van der Waals surface area contributed by atoms with Crippen LogP contribution in [0.25, 0.3) is 0 Å². The van der Waals surface area contributed by atoms with Crippen LogP contribution < -0.4 is 10.2 Å². The van der Waals surface area contributed by atoms with Gasteiger partial charge in [0.2, 0.25) is 5.91 Å². The van der Waals surface area contributed by atoms with Gasteiger partial charge in [-0.05, 0) is 31.4 Å². The Bertz CT molecular complexity index is 995. The summed E-state index contributed by atoms with van der Waals surface area (Å²) >= 11 is 6.17. The highest BCUT2D eigenvalue weighted by Gasteiger charge is 2.65. The molecule has 0 atom stereocenters.